The number of para-hydroxylation sites is 1. The van der Waals surface area contributed by atoms with E-state index in [4.69, 9.17) is 5.73 Å². The highest BCUT2D eigenvalue weighted by atomic mass is 16.1. The molecule has 0 saturated heterocycles. The number of fused-ring (bicyclic) bond motifs is 3. The minimum atomic E-state index is -0.544. The number of nitrogens with two attached hydrogens (primary N) is 1. The van der Waals surface area contributed by atoms with Gasteiger partial charge in [-0.15, -0.1) is 0 Å². The first-order chi connectivity index (χ1) is 7.77. The van der Waals surface area contributed by atoms with Crippen LogP contribution in [-0.4, -0.2) is 20.9 Å². The Balaban J connectivity index is 2.57. The Morgan fingerprint density at radius 1 is 1.25 bits per heavy atom. The van der Waals surface area contributed by atoms with E-state index in [0.717, 1.165) is 10.9 Å². The number of benzene rings is 1. The van der Waals surface area contributed by atoms with Gasteiger partial charge in [-0.1, -0.05) is 18.2 Å². The molecule has 78 valence electrons. The van der Waals surface area contributed by atoms with Crippen LogP contribution >= 0.6 is 0 Å². The first-order valence-electron chi connectivity index (χ1n) is 4.78. The number of nitrogens with one attached hydrogen (secondary N) is 1. The van der Waals surface area contributed by atoms with Crippen molar-refractivity contribution in [2.24, 2.45) is 5.73 Å². The molecule has 0 atom stereocenters. The van der Waals surface area contributed by atoms with E-state index in [1.54, 1.807) is 0 Å². The molecule has 3 rings (SSSR count). The smallest absolute Gasteiger partial charge is 0.268 e. The van der Waals surface area contributed by atoms with E-state index in [9.17, 15) is 4.79 Å². The number of aromatic amines is 1. The molecule has 2 heterocycles. The number of hydrogen-bond acceptors (Lipinski definition) is 3. The van der Waals surface area contributed by atoms with Gasteiger partial charge >= 0.3 is 0 Å². The zero-order valence-corrected chi connectivity index (χ0v) is 8.27. The van der Waals surface area contributed by atoms with Crippen molar-refractivity contribution in [2.45, 2.75) is 0 Å². The molecule has 0 saturated carbocycles. The molecule has 0 radical (unpaired) electrons. The molecule has 3 aromatic rings. The third-order valence-corrected chi connectivity index (χ3v) is 2.53. The third kappa shape index (κ3) is 1.08. The van der Waals surface area contributed by atoms with E-state index in [1.807, 2.05) is 24.3 Å². The number of amides is 1. The Bertz CT molecular complexity index is 701. The lowest BCUT2D eigenvalue weighted by molar-refractivity contribution is 0.0997. The van der Waals surface area contributed by atoms with Crippen molar-refractivity contribution in [1.82, 2.24) is 15.0 Å². The van der Waals surface area contributed by atoms with Crippen LogP contribution in [0, 0.1) is 0 Å². The molecule has 0 spiro atoms. The molecule has 0 bridgehead atoms. The van der Waals surface area contributed by atoms with E-state index in [2.05, 4.69) is 15.0 Å². The molecule has 5 heteroatoms. The third-order valence-electron chi connectivity index (χ3n) is 2.53. The van der Waals surface area contributed by atoms with Crippen LogP contribution in [0.3, 0.4) is 0 Å². The summed E-state index contributed by atoms with van der Waals surface area (Å²) in [6, 6.07) is 7.63. The fourth-order valence-electron chi connectivity index (χ4n) is 1.86. The zero-order valence-electron chi connectivity index (χ0n) is 8.27. The van der Waals surface area contributed by atoms with Crippen molar-refractivity contribution >= 4 is 27.8 Å². The van der Waals surface area contributed by atoms with Crippen molar-refractivity contribution in [2.75, 3.05) is 0 Å². The van der Waals surface area contributed by atoms with Gasteiger partial charge in [-0.05, 0) is 6.07 Å². The molecule has 0 aliphatic rings. The predicted molar refractivity (Wildman–Crippen MR) is 59.9 cm³/mol. The highest BCUT2D eigenvalue weighted by molar-refractivity contribution is 6.15. The Hall–Kier alpha value is -2.43. The van der Waals surface area contributed by atoms with E-state index < -0.39 is 5.91 Å². The molecule has 3 N–H and O–H groups in total. The molecule has 0 aliphatic carbocycles. The van der Waals surface area contributed by atoms with E-state index in [-0.39, 0.29) is 5.69 Å². The number of nitrogens with zero attached hydrogens (tertiary/aromatic N) is 2. The lowest BCUT2D eigenvalue weighted by atomic mass is 10.1. The molecule has 16 heavy (non-hydrogen) atoms. The zero-order chi connectivity index (χ0) is 11.1. The van der Waals surface area contributed by atoms with Gasteiger partial charge in [-0.25, -0.2) is 9.97 Å². The minimum Gasteiger partial charge on any atom is -0.364 e. The topological polar surface area (TPSA) is 84.7 Å². The molecule has 2 aromatic heterocycles. The lowest BCUT2D eigenvalue weighted by Gasteiger charge is -1.96. The molecule has 1 amide bonds. The van der Waals surface area contributed by atoms with Gasteiger partial charge in [-0.2, -0.15) is 0 Å². The molecular formula is C11H8N4O. The largest absolute Gasteiger partial charge is 0.364 e. The highest BCUT2D eigenvalue weighted by Crippen LogP contribution is 2.25. The summed E-state index contributed by atoms with van der Waals surface area (Å²) in [4.78, 5) is 22.4. The van der Waals surface area contributed by atoms with Crippen molar-refractivity contribution < 1.29 is 4.79 Å². The quantitative estimate of drug-likeness (QED) is 0.635. The summed E-state index contributed by atoms with van der Waals surface area (Å²) in [6.45, 7) is 0. The van der Waals surface area contributed by atoms with Crippen LogP contribution < -0.4 is 5.73 Å². The van der Waals surface area contributed by atoms with E-state index in [1.165, 1.54) is 6.33 Å². The molecule has 0 unspecified atom stereocenters. The second-order valence-corrected chi connectivity index (χ2v) is 3.48. The summed E-state index contributed by atoms with van der Waals surface area (Å²) in [7, 11) is 0. The number of primary amides is 1. The van der Waals surface area contributed by atoms with Crippen LogP contribution in [0.5, 0.6) is 0 Å². The number of hydrogen-bond donors (Lipinski definition) is 2. The fourth-order valence-corrected chi connectivity index (χ4v) is 1.86. The van der Waals surface area contributed by atoms with Gasteiger partial charge < -0.3 is 10.7 Å². The van der Waals surface area contributed by atoms with E-state index >= 15 is 0 Å². The maximum absolute atomic E-state index is 11.3. The monoisotopic (exact) mass is 212 g/mol. The maximum atomic E-state index is 11.3. The van der Waals surface area contributed by atoms with Crippen LogP contribution in [0.15, 0.2) is 30.6 Å². The van der Waals surface area contributed by atoms with Crippen LogP contribution in [0.1, 0.15) is 10.5 Å². The van der Waals surface area contributed by atoms with Crippen LogP contribution in [-0.2, 0) is 0 Å². The highest BCUT2D eigenvalue weighted by Gasteiger charge is 2.13. The van der Waals surface area contributed by atoms with Crippen molar-refractivity contribution in [3.8, 4) is 0 Å². The molecular weight excluding hydrogens is 204 g/mol. The van der Waals surface area contributed by atoms with Crippen molar-refractivity contribution in [1.29, 1.82) is 0 Å². The average molecular weight is 212 g/mol. The van der Waals surface area contributed by atoms with Gasteiger partial charge in [0, 0.05) is 10.9 Å². The molecule has 1 aromatic carbocycles. The standard InChI is InChI=1S/C11H8N4O/c12-10(16)9-8-6-3-1-2-4-7(6)15-11(8)14-5-13-9/h1-5H,(H2,12,16)(H,13,14,15). The number of carbonyl (C=O) groups is 1. The number of H-pyrrole nitrogens is 1. The Kier molecular flexibility index (Phi) is 1.67. The Morgan fingerprint density at radius 3 is 2.88 bits per heavy atom. The SMILES string of the molecule is NC(=O)c1ncnc2[nH]c3ccccc3c12. The maximum Gasteiger partial charge on any atom is 0.268 e. The summed E-state index contributed by atoms with van der Waals surface area (Å²) in [5.74, 6) is -0.544. The first kappa shape index (κ1) is 8.84. The summed E-state index contributed by atoms with van der Waals surface area (Å²) in [6.07, 6.45) is 1.33. The van der Waals surface area contributed by atoms with Gasteiger partial charge in [0.15, 0.2) is 0 Å². The van der Waals surface area contributed by atoms with Crippen LogP contribution in [0.25, 0.3) is 21.9 Å². The van der Waals surface area contributed by atoms with Gasteiger partial charge in [0.25, 0.3) is 5.91 Å². The normalized spacial score (nSPS) is 11.0. The summed E-state index contributed by atoms with van der Waals surface area (Å²) >= 11 is 0. The van der Waals surface area contributed by atoms with Gasteiger partial charge in [0.05, 0.1) is 5.39 Å². The first-order valence-corrected chi connectivity index (χ1v) is 4.78. The summed E-state index contributed by atoms with van der Waals surface area (Å²) in [5.41, 5.74) is 7.09. The number of rotatable bonds is 1. The fraction of sp³-hybridized carbons (Fsp3) is 0. The minimum absolute atomic E-state index is 0.252. The average Bonchev–Trinajstić information content (AvgIpc) is 2.66. The van der Waals surface area contributed by atoms with Crippen LogP contribution in [0.2, 0.25) is 0 Å². The van der Waals surface area contributed by atoms with Gasteiger partial charge in [0.1, 0.15) is 17.7 Å². The number of aromatic nitrogens is 3. The summed E-state index contributed by atoms with van der Waals surface area (Å²) in [5, 5.41) is 1.59. The van der Waals surface area contributed by atoms with E-state index in [0.29, 0.717) is 11.0 Å². The van der Waals surface area contributed by atoms with Gasteiger partial charge in [-0.3, -0.25) is 4.79 Å². The second kappa shape index (κ2) is 3.03. The molecule has 0 aliphatic heterocycles. The lowest BCUT2D eigenvalue weighted by Crippen LogP contribution is -2.13. The van der Waals surface area contributed by atoms with Crippen molar-refractivity contribution in [3.63, 3.8) is 0 Å². The molecule has 5 nitrogen and oxygen atoms in total. The van der Waals surface area contributed by atoms with Crippen LogP contribution in [0.4, 0.5) is 0 Å². The second-order valence-electron chi connectivity index (χ2n) is 3.48. The predicted octanol–water partition coefficient (Wildman–Crippen LogP) is 1.21. The summed E-state index contributed by atoms with van der Waals surface area (Å²) < 4.78 is 0. The molecule has 0 fully saturated rings. The van der Waals surface area contributed by atoms with Crippen molar-refractivity contribution in [3.05, 3.63) is 36.3 Å². The van der Waals surface area contributed by atoms with Gasteiger partial charge in [0.2, 0.25) is 0 Å². The Labute approximate surface area is 90.3 Å². The number of carbonyl (C=O) groups excluding carboxylic acids is 1. The Morgan fingerprint density at radius 2 is 2.06 bits per heavy atom.